The predicted molar refractivity (Wildman–Crippen MR) is 69.3 cm³/mol. The van der Waals surface area contributed by atoms with Crippen LogP contribution in [0, 0.1) is 17.8 Å². The maximum atomic E-state index is 12.1. The molecule has 18 heavy (non-hydrogen) atoms. The van der Waals surface area contributed by atoms with Gasteiger partial charge in [-0.25, -0.2) is 4.79 Å². The molecule has 102 valence electrons. The molecule has 3 aliphatic heterocycles. The van der Waals surface area contributed by atoms with Crippen molar-refractivity contribution in [2.45, 2.75) is 45.3 Å². The lowest BCUT2D eigenvalue weighted by atomic mass is 9.68. The van der Waals surface area contributed by atoms with E-state index in [4.69, 9.17) is 4.74 Å². The van der Waals surface area contributed by atoms with Gasteiger partial charge in [0.15, 0.2) is 0 Å². The summed E-state index contributed by atoms with van der Waals surface area (Å²) in [6, 6.07) is 0.632. The number of carbonyl (C=O) groups excluding carboxylic acids is 1. The predicted octanol–water partition coefficient (Wildman–Crippen LogP) is 1.85. The number of piperidine rings is 2. The zero-order chi connectivity index (χ0) is 12.9. The monoisotopic (exact) mass is 252 g/mol. The van der Waals surface area contributed by atoms with E-state index in [0.717, 1.165) is 25.6 Å². The maximum Gasteiger partial charge on any atom is 0.410 e. The molecule has 3 heterocycles. The van der Waals surface area contributed by atoms with Gasteiger partial charge in [0.05, 0.1) is 0 Å². The van der Waals surface area contributed by atoms with Gasteiger partial charge in [-0.15, -0.1) is 0 Å². The molecule has 4 aliphatic rings. The van der Waals surface area contributed by atoms with Crippen molar-refractivity contribution in [2.24, 2.45) is 17.8 Å². The summed E-state index contributed by atoms with van der Waals surface area (Å²) in [5.74, 6) is 2.13. The highest BCUT2D eigenvalue weighted by Crippen LogP contribution is 2.43. The van der Waals surface area contributed by atoms with Gasteiger partial charge < -0.3 is 15.0 Å². The van der Waals surface area contributed by atoms with Crippen LogP contribution >= 0.6 is 0 Å². The Morgan fingerprint density at radius 2 is 1.94 bits per heavy atom. The lowest BCUT2D eigenvalue weighted by Gasteiger charge is -2.45. The summed E-state index contributed by atoms with van der Waals surface area (Å²) < 4.78 is 5.49. The van der Waals surface area contributed by atoms with Crippen molar-refractivity contribution in [3.63, 3.8) is 0 Å². The Balaban J connectivity index is 1.66. The van der Waals surface area contributed by atoms with E-state index in [1.165, 1.54) is 12.8 Å². The molecule has 1 N–H and O–H groups in total. The van der Waals surface area contributed by atoms with Crippen LogP contribution in [-0.2, 0) is 4.74 Å². The Labute approximate surface area is 109 Å². The van der Waals surface area contributed by atoms with Crippen LogP contribution in [0.1, 0.15) is 33.6 Å². The number of rotatable bonds is 0. The molecule has 0 aromatic carbocycles. The molecule has 2 bridgehead atoms. The molecule has 4 atom stereocenters. The average Bonchev–Trinajstić information content (AvgIpc) is 2.74. The normalized spacial score (nSPS) is 38.7. The number of likely N-dealkylation sites (tertiary alicyclic amines) is 1. The lowest BCUT2D eigenvalue weighted by molar-refractivity contribution is 0.0283. The Morgan fingerprint density at radius 3 is 2.50 bits per heavy atom. The maximum absolute atomic E-state index is 12.1. The smallest absolute Gasteiger partial charge is 0.410 e. The van der Waals surface area contributed by atoms with E-state index in [-0.39, 0.29) is 11.7 Å². The summed E-state index contributed by atoms with van der Waals surface area (Å²) in [6.45, 7) is 8.72. The van der Waals surface area contributed by atoms with E-state index in [0.29, 0.717) is 17.9 Å². The Morgan fingerprint density at radius 1 is 1.22 bits per heavy atom. The number of ether oxygens (including phenoxy) is 1. The first-order valence-electron chi connectivity index (χ1n) is 7.15. The molecule has 0 aromatic rings. The fourth-order valence-corrected chi connectivity index (χ4v) is 3.89. The zero-order valence-electron chi connectivity index (χ0n) is 11.6. The SMILES string of the molecule is CC(C)(C)OC(=O)N1CC2C3CCC(NC3)C2C1. The first-order chi connectivity index (χ1) is 8.44. The van der Waals surface area contributed by atoms with E-state index in [9.17, 15) is 4.79 Å². The molecular formula is C14H24N2O2. The molecule has 0 spiro atoms. The molecular weight excluding hydrogens is 228 g/mol. The van der Waals surface area contributed by atoms with Crippen LogP contribution in [0.4, 0.5) is 4.79 Å². The van der Waals surface area contributed by atoms with E-state index in [1.54, 1.807) is 0 Å². The number of amides is 1. The number of hydrogen-bond donors (Lipinski definition) is 1. The van der Waals surface area contributed by atoms with Crippen LogP contribution in [0.3, 0.4) is 0 Å². The molecule has 0 radical (unpaired) electrons. The first kappa shape index (κ1) is 12.3. The number of nitrogens with one attached hydrogen (secondary N) is 1. The topological polar surface area (TPSA) is 41.6 Å². The second-order valence-electron chi connectivity index (χ2n) is 7.07. The highest BCUT2D eigenvalue weighted by Gasteiger charge is 2.49. The van der Waals surface area contributed by atoms with Crippen LogP contribution in [0.25, 0.3) is 0 Å². The van der Waals surface area contributed by atoms with Gasteiger partial charge in [0.1, 0.15) is 5.60 Å². The molecule has 3 saturated heterocycles. The summed E-state index contributed by atoms with van der Waals surface area (Å²) in [4.78, 5) is 14.1. The van der Waals surface area contributed by atoms with E-state index < -0.39 is 0 Å². The Bertz CT molecular complexity index is 322. The molecule has 1 saturated carbocycles. The summed E-state index contributed by atoms with van der Waals surface area (Å²) in [7, 11) is 0. The van der Waals surface area contributed by atoms with Crippen molar-refractivity contribution < 1.29 is 9.53 Å². The third-order valence-electron chi connectivity index (χ3n) is 4.68. The minimum absolute atomic E-state index is 0.128. The second-order valence-corrected chi connectivity index (χ2v) is 7.07. The highest BCUT2D eigenvalue weighted by atomic mass is 16.6. The molecule has 1 amide bonds. The van der Waals surface area contributed by atoms with Crippen LogP contribution in [0.2, 0.25) is 0 Å². The average molecular weight is 252 g/mol. The fraction of sp³-hybridized carbons (Fsp3) is 0.929. The Kier molecular flexibility index (Phi) is 2.81. The molecule has 4 rings (SSSR count). The van der Waals surface area contributed by atoms with Crippen molar-refractivity contribution in [3.8, 4) is 0 Å². The molecule has 1 aliphatic carbocycles. The van der Waals surface area contributed by atoms with Crippen molar-refractivity contribution in [3.05, 3.63) is 0 Å². The van der Waals surface area contributed by atoms with Gasteiger partial charge in [-0.05, 0) is 57.9 Å². The van der Waals surface area contributed by atoms with Gasteiger partial charge >= 0.3 is 6.09 Å². The summed E-state index contributed by atoms with van der Waals surface area (Å²) >= 11 is 0. The largest absolute Gasteiger partial charge is 0.444 e. The minimum Gasteiger partial charge on any atom is -0.444 e. The number of fused-ring (bicyclic) bond motifs is 2. The van der Waals surface area contributed by atoms with Gasteiger partial charge in [0, 0.05) is 19.1 Å². The fourth-order valence-electron chi connectivity index (χ4n) is 3.89. The van der Waals surface area contributed by atoms with Gasteiger partial charge in [-0.3, -0.25) is 0 Å². The van der Waals surface area contributed by atoms with Crippen LogP contribution in [-0.4, -0.2) is 42.3 Å². The second kappa shape index (κ2) is 4.12. The van der Waals surface area contributed by atoms with Crippen molar-refractivity contribution >= 4 is 6.09 Å². The third-order valence-corrected chi connectivity index (χ3v) is 4.68. The lowest BCUT2D eigenvalue weighted by Crippen LogP contribution is -2.54. The molecule has 4 nitrogen and oxygen atoms in total. The van der Waals surface area contributed by atoms with Gasteiger partial charge in [0.2, 0.25) is 0 Å². The molecule has 4 unspecified atom stereocenters. The van der Waals surface area contributed by atoms with E-state index in [1.807, 2.05) is 25.7 Å². The van der Waals surface area contributed by atoms with Gasteiger partial charge in [0.25, 0.3) is 0 Å². The van der Waals surface area contributed by atoms with Gasteiger partial charge in [-0.1, -0.05) is 0 Å². The van der Waals surface area contributed by atoms with Crippen LogP contribution in [0.5, 0.6) is 0 Å². The first-order valence-corrected chi connectivity index (χ1v) is 7.15. The van der Waals surface area contributed by atoms with Crippen LogP contribution < -0.4 is 5.32 Å². The molecule has 4 fully saturated rings. The standard InChI is InChI=1S/C14H24N2O2/c1-14(2,3)18-13(17)16-7-10-9-4-5-12(15-6-9)11(10)8-16/h9-12,15H,4-8H2,1-3H3. The summed E-state index contributed by atoms with van der Waals surface area (Å²) in [5.41, 5.74) is -0.387. The highest BCUT2D eigenvalue weighted by molar-refractivity contribution is 5.68. The quantitative estimate of drug-likeness (QED) is 0.715. The molecule has 0 aromatic heterocycles. The summed E-state index contributed by atoms with van der Waals surface area (Å²) in [5, 5.41) is 3.62. The van der Waals surface area contributed by atoms with Gasteiger partial charge in [-0.2, -0.15) is 0 Å². The number of hydrogen-bond acceptors (Lipinski definition) is 3. The van der Waals surface area contributed by atoms with E-state index >= 15 is 0 Å². The summed E-state index contributed by atoms with van der Waals surface area (Å²) in [6.07, 6.45) is 2.49. The van der Waals surface area contributed by atoms with Crippen molar-refractivity contribution in [1.82, 2.24) is 10.2 Å². The third kappa shape index (κ3) is 2.11. The molecule has 4 heteroatoms. The van der Waals surface area contributed by atoms with Crippen molar-refractivity contribution in [1.29, 1.82) is 0 Å². The zero-order valence-corrected chi connectivity index (χ0v) is 11.6. The minimum atomic E-state index is -0.387. The number of nitrogens with zero attached hydrogens (tertiary/aromatic N) is 1. The van der Waals surface area contributed by atoms with Crippen molar-refractivity contribution in [2.75, 3.05) is 19.6 Å². The van der Waals surface area contributed by atoms with E-state index in [2.05, 4.69) is 5.32 Å². The van der Waals surface area contributed by atoms with Crippen LogP contribution in [0.15, 0.2) is 0 Å². The number of carbonyl (C=O) groups is 1. The Hall–Kier alpha value is -0.770.